The van der Waals surface area contributed by atoms with Crippen LogP contribution in [0.1, 0.15) is 12.5 Å². The van der Waals surface area contributed by atoms with Gasteiger partial charge in [-0.05, 0) is 25.1 Å². The average Bonchev–Trinajstić information content (AvgIpc) is 2.47. The first kappa shape index (κ1) is 13.5. The lowest BCUT2D eigenvalue weighted by Gasteiger charge is -2.11. The van der Waals surface area contributed by atoms with Crippen molar-refractivity contribution in [2.24, 2.45) is 5.16 Å². The Morgan fingerprint density at radius 3 is 2.45 bits per heavy atom. The van der Waals surface area contributed by atoms with E-state index in [1.54, 1.807) is 19.1 Å². The van der Waals surface area contributed by atoms with Crippen molar-refractivity contribution in [1.29, 1.82) is 0 Å². The number of nitrogens with one attached hydrogen (secondary N) is 1. The molecule has 2 aromatic carbocycles. The second-order valence-corrected chi connectivity index (χ2v) is 4.16. The van der Waals surface area contributed by atoms with Crippen LogP contribution in [0, 0.1) is 10.1 Å². The molecule has 6 nitrogen and oxygen atoms in total. The number of non-ortho nitro benzene ring substituents is 1. The first-order valence-corrected chi connectivity index (χ1v) is 5.91. The molecular weight excluding hydrogens is 258 g/mol. The molecule has 0 aliphatic heterocycles. The van der Waals surface area contributed by atoms with Crippen LogP contribution in [0.5, 0.6) is 0 Å². The van der Waals surface area contributed by atoms with Gasteiger partial charge in [0.25, 0.3) is 5.69 Å². The van der Waals surface area contributed by atoms with Gasteiger partial charge >= 0.3 is 0 Å². The van der Waals surface area contributed by atoms with Crippen LogP contribution in [-0.2, 0) is 0 Å². The molecule has 0 aliphatic carbocycles. The van der Waals surface area contributed by atoms with Gasteiger partial charge in [-0.15, -0.1) is 0 Å². The summed E-state index contributed by atoms with van der Waals surface area (Å²) in [6.45, 7) is 1.69. The minimum atomic E-state index is -0.444. The van der Waals surface area contributed by atoms with E-state index in [0.29, 0.717) is 11.4 Å². The van der Waals surface area contributed by atoms with E-state index in [2.05, 4.69) is 10.5 Å². The van der Waals surface area contributed by atoms with Crippen molar-refractivity contribution in [3.63, 3.8) is 0 Å². The van der Waals surface area contributed by atoms with Crippen LogP contribution in [0.3, 0.4) is 0 Å². The first-order chi connectivity index (χ1) is 9.61. The molecule has 0 spiro atoms. The van der Waals surface area contributed by atoms with Crippen molar-refractivity contribution >= 4 is 22.8 Å². The van der Waals surface area contributed by atoms with E-state index >= 15 is 0 Å². The number of anilines is 2. The molecule has 0 unspecified atom stereocenters. The van der Waals surface area contributed by atoms with Crippen molar-refractivity contribution in [1.82, 2.24) is 0 Å². The molecule has 20 heavy (non-hydrogen) atoms. The largest absolute Gasteiger partial charge is 0.411 e. The molecular formula is C14H13N3O3. The van der Waals surface area contributed by atoms with Crippen molar-refractivity contribution < 1.29 is 10.1 Å². The number of rotatable bonds is 4. The van der Waals surface area contributed by atoms with Crippen LogP contribution in [0.4, 0.5) is 17.1 Å². The molecule has 0 aliphatic rings. The zero-order chi connectivity index (χ0) is 14.5. The molecule has 0 radical (unpaired) electrons. The number of nitro groups is 1. The highest BCUT2D eigenvalue weighted by Crippen LogP contribution is 2.23. The normalized spacial score (nSPS) is 11.2. The standard InChI is InChI=1S/C14H13N3O3/c1-10(16-18)13-4-2-3-5-14(13)15-11-6-8-12(9-7-11)17(19)20/h2-9,15,18H,1H3/b16-10+. The topological polar surface area (TPSA) is 87.8 Å². The van der Waals surface area contributed by atoms with Crippen LogP contribution in [0.15, 0.2) is 53.7 Å². The molecule has 0 atom stereocenters. The summed E-state index contributed by atoms with van der Waals surface area (Å²) < 4.78 is 0. The zero-order valence-corrected chi connectivity index (χ0v) is 10.8. The lowest BCUT2D eigenvalue weighted by Crippen LogP contribution is -2.01. The highest BCUT2D eigenvalue weighted by atomic mass is 16.6. The van der Waals surface area contributed by atoms with Gasteiger partial charge in [-0.2, -0.15) is 0 Å². The van der Waals surface area contributed by atoms with Gasteiger partial charge in [0.2, 0.25) is 0 Å². The Kier molecular flexibility index (Phi) is 3.95. The summed E-state index contributed by atoms with van der Waals surface area (Å²) in [6, 6.07) is 13.5. The van der Waals surface area contributed by atoms with E-state index in [4.69, 9.17) is 5.21 Å². The van der Waals surface area contributed by atoms with Crippen molar-refractivity contribution in [3.8, 4) is 0 Å². The third kappa shape index (κ3) is 2.92. The number of nitro benzene ring substituents is 1. The molecule has 0 heterocycles. The van der Waals surface area contributed by atoms with Gasteiger partial charge in [-0.25, -0.2) is 0 Å². The Morgan fingerprint density at radius 1 is 1.20 bits per heavy atom. The molecule has 0 amide bonds. The maximum Gasteiger partial charge on any atom is 0.269 e. The number of oxime groups is 1. The number of benzene rings is 2. The predicted octanol–water partition coefficient (Wildman–Crippen LogP) is 3.54. The maximum absolute atomic E-state index is 10.6. The second-order valence-electron chi connectivity index (χ2n) is 4.16. The minimum Gasteiger partial charge on any atom is -0.411 e. The Labute approximate surface area is 115 Å². The Hall–Kier alpha value is -2.89. The Bertz CT molecular complexity index is 651. The SMILES string of the molecule is C/C(=N\O)c1ccccc1Nc1ccc([N+](=O)[O-])cc1. The van der Waals surface area contributed by atoms with Crippen LogP contribution < -0.4 is 5.32 Å². The summed E-state index contributed by atoms with van der Waals surface area (Å²) in [7, 11) is 0. The predicted molar refractivity (Wildman–Crippen MR) is 76.8 cm³/mol. The summed E-state index contributed by atoms with van der Waals surface area (Å²) in [5.41, 5.74) is 2.76. The summed E-state index contributed by atoms with van der Waals surface area (Å²) in [5.74, 6) is 0. The van der Waals surface area contributed by atoms with E-state index in [0.717, 1.165) is 11.3 Å². The molecule has 2 aromatic rings. The highest BCUT2D eigenvalue weighted by Gasteiger charge is 2.07. The van der Waals surface area contributed by atoms with Gasteiger partial charge in [-0.3, -0.25) is 10.1 Å². The summed E-state index contributed by atoms with van der Waals surface area (Å²) in [5, 5.41) is 25.8. The van der Waals surface area contributed by atoms with Gasteiger partial charge in [0.15, 0.2) is 0 Å². The van der Waals surface area contributed by atoms with Crippen LogP contribution in [-0.4, -0.2) is 15.8 Å². The lowest BCUT2D eigenvalue weighted by molar-refractivity contribution is -0.384. The smallest absolute Gasteiger partial charge is 0.269 e. The maximum atomic E-state index is 10.6. The van der Waals surface area contributed by atoms with Gasteiger partial charge in [0.05, 0.1) is 10.6 Å². The zero-order valence-electron chi connectivity index (χ0n) is 10.8. The van der Waals surface area contributed by atoms with Crippen molar-refractivity contribution in [3.05, 3.63) is 64.2 Å². The van der Waals surface area contributed by atoms with E-state index in [1.165, 1.54) is 12.1 Å². The van der Waals surface area contributed by atoms with Crippen LogP contribution in [0.25, 0.3) is 0 Å². The molecule has 6 heteroatoms. The number of para-hydroxylation sites is 1. The average molecular weight is 271 g/mol. The van der Waals surface area contributed by atoms with Crippen LogP contribution in [0.2, 0.25) is 0 Å². The van der Waals surface area contributed by atoms with Crippen LogP contribution >= 0.6 is 0 Å². The fourth-order valence-corrected chi connectivity index (χ4v) is 1.78. The summed E-state index contributed by atoms with van der Waals surface area (Å²) >= 11 is 0. The molecule has 2 rings (SSSR count). The third-order valence-electron chi connectivity index (χ3n) is 2.82. The monoisotopic (exact) mass is 271 g/mol. The minimum absolute atomic E-state index is 0.0388. The number of hydrogen-bond acceptors (Lipinski definition) is 5. The molecule has 2 N–H and O–H groups in total. The summed E-state index contributed by atoms with van der Waals surface area (Å²) in [6.07, 6.45) is 0. The van der Waals surface area contributed by atoms with Gasteiger partial charge < -0.3 is 10.5 Å². The Balaban J connectivity index is 2.28. The fourth-order valence-electron chi connectivity index (χ4n) is 1.78. The van der Waals surface area contributed by atoms with Gasteiger partial charge in [0.1, 0.15) is 0 Å². The van der Waals surface area contributed by atoms with Gasteiger partial charge in [0, 0.05) is 29.1 Å². The van der Waals surface area contributed by atoms with Crippen molar-refractivity contribution in [2.75, 3.05) is 5.32 Å². The highest BCUT2D eigenvalue weighted by molar-refractivity contribution is 6.03. The number of nitrogens with zero attached hydrogens (tertiary/aromatic N) is 2. The first-order valence-electron chi connectivity index (χ1n) is 5.91. The molecule has 102 valence electrons. The third-order valence-corrected chi connectivity index (χ3v) is 2.82. The molecule has 0 aromatic heterocycles. The number of hydrogen-bond donors (Lipinski definition) is 2. The van der Waals surface area contributed by atoms with E-state index < -0.39 is 4.92 Å². The summed E-state index contributed by atoms with van der Waals surface area (Å²) in [4.78, 5) is 10.2. The quantitative estimate of drug-likeness (QED) is 0.385. The molecule has 0 bridgehead atoms. The van der Waals surface area contributed by atoms with Crippen molar-refractivity contribution in [2.45, 2.75) is 6.92 Å². The second kappa shape index (κ2) is 5.83. The molecule has 0 saturated carbocycles. The molecule has 0 fully saturated rings. The lowest BCUT2D eigenvalue weighted by atomic mass is 10.1. The van der Waals surface area contributed by atoms with E-state index in [1.807, 2.05) is 24.3 Å². The fraction of sp³-hybridized carbons (Fsp3) is 0.0714. The van der Waals surface area contributed by atoms with Gasteiger partial charge in [-0.1, -0.05) is 23.4 Å². The Morgan fingerprint density at radius 2 is 1.85 bits per heavy atom. The van der Waals surface area contributed by atoms with E-state index in [-0.39, 0.29) is 5.69 Å². The molecule has 0 saturated heterocycles. The van der Waals surface area contributed by atoms with E-state index in [9.17, 15) is 10.1 Å².